The molecule has 6 rings (SSSR count). The van der Waals surface area contributed by atoms with Crippen LogP contribution in [0.15, 0.2) is 97.0 Å². The Labute approximate surface area is 292 Å². The summed E-state index contributed by atoms with van der Waals surface area (Å²) >= 11 is 0. The average Bonchev–Trinajstić information content (AvgIpc) is 3.14. The minimum absolute atomic E-state index is 0.164. The van der Waals surface area contributed by atoms with E-state index in [1.165, 1.54) is 0 Å². The lowest BCUT2D eigenvalue weighted by atomic mass is 9.95. The highest BCUT2D eigenvalue weighted by Gasteiger charge is 2.33. The molecular formula is C39H44N6O5. The highest BCUT2D eigenvalue weighted by atomic mass is 16.6. The summed E-state index contributed by atoms with van der Waals surface area (Å²) in [7, 11) is 0. The molecule has 0 spiro atoms. The van der Waals surface area contributed by atoms with E-state index in [0.717, 1.165) is 45.9 Å². The van der Waals surface area contributed by atoms with E-state index in [0.29, 0.717) is 70.2 Å². The first-order valence-corrected chi connectivity index (χ1v) is 17.4. The first kappa shape index (κ1) is 34.6. The van der Waals surface area contributed by atoms with Crippen molar-refractivity contribution in [3.05, 3.63) is 124 Å². The van der Waals surface area contributed by atoms with E-state index in [4.69, 9.17) is 9.72 Å². The number of piperidine rings is 1. The molecule has 2 fully saturated rings. The van der Waals surface area contributed by atoms with E-state index >= 15 is 0 Å². The second-order valence-electron chi connectivity index (χ2n) is 12.9. The number of nitrogens with one attached hydrogen (secondary N) is 1. The number of pyridine rings is 1. The molecule has 50 heavy (non-hydrogen) atoms. The van der Waals surface area contributed by atoms with Crippen molar-refractivity contribution in [2.45, 2.75) is 39.3 Å². The summed E-state index contributed by atoms with van der Waals surface area (Å²) in [6.07, 6.45) is 2.53. The molecule has 260 valence electrons. The summed E-state index contributed by atoms with van der Waals surface area (Å²) in [5.41, 5.74) is 4.89. The minimum Gasteiger partial charge on any atom is -0.466 e. The summed E-state index contributed by atoms with van der Waals surface area (Å²) in [6, 6.07) is 27.4. The maximum Gasteiger partial charge on any atom is 0.310 e. The van der Waals surface area contributed by atoms with Crippen LogP contribution in [0.1, 0.15) is 54.2 Å². The molecule has 2 saturated heterocycles. The van der Waals surface area contributed by atoms with Crippen LogP contribution in [-0.2, 0) is 16.1 Å². The number of hydrogen-bond acceptors (Lipinski definition) is 9. The Balaban J connectivity index is 1.29. The van der Waals surface area contributed by atoms with Gasteiger partial charge in [-0.1, -0.05) is 78.9 Å². The molecule has 11 heteroatoms. The Morgan fingerprint density at radius 1 is 0.960 bits per heavy atom. The van der Waals surface area contributed by atoms with Crippen molar-refractivity contribution in [1.29, 1.82) is 0 Å². The third kappa shape index (κ3) is 7.94. The van der Waals surface area contributed by atoms with Gasteiger partial charge in [0.2, 0.25) is 0 Å². The Morgan fingerprint density at radius 2 is 1.64 bits per heavy atom. The van der Waals surface area contributed by atoms with Gasteiger partial charge in [-0.3, -0.25) is 24.6 Å². The van der Waals surface area contributed by atoms with Gasteiger partial charge in [-0.05, 0) is 38.3 Å². The van der Waals surface area contributed by atoms with Crippen LogP contribution in [0.5, 0.6) is 0 Å². The van der Waals surface area contributed by atoms with Crippen molar-refractivity contribution in [3.63, 3.8) is 0 Å². The number of ether oxygens (including phenoxy) is 1. The van der Waals surface area contributed by atoms with Gasteiger partial charge in [0.15, 0.2) is 5.82 Å². The number of piperazine rings is 1. The smallest absolute Gasteiger partial charge is 0.310 e. The highest BCUT2D eigenvalue weighted by Crippen LogP contribution is 2.33. The molecule has 2 aliphatic heterocycles. The number of carbonyl (C=O) groups excluding carboxylic acids is 2. The van der Waals surface area contributed by atoms with Crippen molar-refractivity contribution in [2.75, 3.05) is 45.9 Å². The molecule has 1 N–H and O–H groups in total. The minimum atomic E-state index is -0.413. The zero-order valence-electron chi connectivity index (χ0n) is 28.7. The van der Waals surface area contributed by atoms with Crippen molar-refractivity contribution < 1.29 is 19.2 Å². The third-order valence-electron chi connectivity index (χ3n) is 9.58. The number of amides is 1. The number of hydrogen-bond donors (Lipinski definition) is 1. The molecule has 1 aromatic heterocycles. The van der Waals surface area contributed by atoms with E-state index in [-0.39, 0.29) is 23.8 Å². The van der Waals surface area contributed by atoms with E-state index in [1.807, 2.05) is 102 Å². The molecule has 0 radical (unpaired) electrons. The van der Waals surface area contributed by atoms with Gasteiger partial charge in [0.25, 0.3) is 12.1 Å². The maximum atomic E-state index is 14.3. The molecule has 0 aliphatic carbocycles. The second kappa shape index (κ2) is 15.9. The summed E-state index contributed by atoms with van der Waals surface area (Å²) < 4.78 is 5.27. The standard InChI is InChI=1S/C39H44N6O5/c1-3-50-39(47)31-17-12-20-44(25-31)35(27-45(48)49)43-23-21-42(22-24-43)26-33-36(38(46)40-28(2)29-13-6-4-7-14-29)32-18-10-11-19-34(32)41-37(33)30-15-8-5-9-16-30/h4-11,13-16,18-19,27-28,31H,3,12,17,20-26H2,1-2H3,(H,40,46)/t28-,31?/m0/s1. The van der Waals surface area contributed by atoms with Gasteiger partial charge in [-0.25, -0.2) is 4.98 Å². The Kier molecular flexibility index (Phi) is 11.0. The van der Waals surface area contributed by atoms with Gasteiger partial charge < -0.3 is 19.9 Å². The quantitative estimate of drug-likeness (QED) is 0.118. The molecule has 1 unspecified atom stereocenters. The number of rotatable bonds is 11. The fourth-order valence-electron chi connectivity index (χ4n) is 7.05. The van der Waals surface area contributed by atoms with Gasteiger partial charge in [0, 0.05) is 62.3 Å². The largest absolute Gasteiger partial charge is 0.466 e. The molecule has 3 heterocycles. The van der Waals surface area contributed by atoms with Crippen molar-refractivity contribution in [2.24, 2.45) is 5.92 Å². The number of esters is 1. The summed E-state index contributed by atoms with van der Waals surface area (Å²) in [6.45, 7) is 7.92. The molecular weight excluding hydrogens is 632 g/mol. The molecule has 0 bridgehead atoms. The number of nitrogens with zero attached hydrogens (tertiary/aromatic N) is 5. The van der Waals surface area contributed by atoms with Crippen molar-refractivity contribution in [3.8, 4) is 11.3 Å². The number of aromatic nitrogens is 1. The molecule has 1 amide bonds. The number of nitro groups is 1. The van der Waals surface area contributed by atoms with Gasteiger partial charge in [-0.2, -0.15) is 0 Å². The fourth-order valence-corrected chi connectivity index (χ4v) is 7.05. The number of fused-ring (bicyclic) bond motifs is 1. The molecule has 2 atom stereocenters. The lowest BCUT2D eigenvalue weighted by Gasteiger charge is -2.42. The predicted molar refractivity (Wildman–Crippen MR) is 192 cm³/mol. The van der Waals surface area contributed by atoms with Gasteiger partial charge in [-0.15, -0.1) is 0 Å². The Bertz CT molecular complexity index is 1840. The van der Waals surface area contributed by atoms with Crippen LogP contribution in [-0.4, -0.2) is 82.4 Å². The van der Waals surface area contributed by atoms with E-state index in [2.05, 4.69) is 10.2 Å². The summed E-state index contributed by atoms with van der Waals surface area (Å²) in [5, 5.41) is 15.8. The average molecular weight is 677 g/mol. The van der Waals surface area contributed by atoms with E-state index < -0.39 is 4.92 Å². The number of para-hydroxylation sites is 1. The van der Waals surface area contributed by atoms with Crippen LogP contribution in [0.25, 0.3) is 22.2 Å². The fraction of sp³-hybridized carbons (Fsp3) is 0.359. The normalized spacial score (nSPS) is 17.7. The third-order valence-corrected chi connectivity index (χ3v) is 9.58. The monoisotopic (exact) mass is 676 g/mol. The van der Waals surface area contributed by atoms with Gasteiger partial charge in [0.05, 0.1) is 40.3 Å². The zero-order valence-corrected chi connectivity index (χ0v) is 28.7. The maximum absolute atomic E-state index is 14.3. The number of carbonyl (C=O) groups is 2. The van der Waals surface area contributed by atoms with Crippen LogP contribution in [0, 0.1) is 16.0 Å². The zero-order chi connectivity index (χ0) is 35.0. The van der Waals surface area contributed by atoms with Crippen LogP contribution in [0.4, 0.5) is 0 Å². The van der Waals surface area contributed by atoms with Crippen LogP contribution in [0.2, 0.25) is 0 Å². The predicted octanol–water partition coefficient (Wildman–Crippen LogP) is 5.86. The molecule has 0 saturated carbocycles. The first-order valence-electron chi connectivity index (χ1n) is 17.4. The highest BCUT2D eigenvalue weighted by molar-refractivity contribution is 6.09. The topological polar surface area (TPSA) is 121 Å². The van der Waals surface area contributed by atoms with Crippen LogP contribution >= 0.6 is 0 Å². The Hall–Kier alpha value is -5.29. The summed E-state index contributed by atoms with van der Waals surface area (Å²) in [4.78, 5) is 49.7. The number of likely N-dealkylation sites (tertiary alicyclic amines) is 1. The van der Waals surface area contributed by atoms with Crippen molar-refractivity contribution in [1.82, 2.24) is 25.0 Å². The lowest BCUT2D eigenvalue weighted by Crippen LogP contribution is -2.50. The molecule has 3 aromatic carbocycles. The van der Waals surface area contributed by atoms with Gasteiger partial charge >= 0.3 is 5.97 Å². The molecule has 11 nitrogen and oxygen atoms in total. The first-order chi connectivity index (χ1) is 24.3. The SMILES string of the molecule is CCOC(=O)C1CCCN(C(=C[N+](=O)[O-])N2CCN(Cc3c(-c4ccccc4)nc4ccccc4c3C(=O)N[C@@H](C)c3ccccc3)CC2)C1. The van der Waals surface area contributed by atoms with Crippen LogP contribution < -0.4 is 5.32 Å². The summed E-state index contributed by atoms with van der Waals surface area (Å²) in [5.74, 6) is -0.205. The Morgan fingerprint density at radius 3 is 2.34 bits per heavy atom. The van der Waals surface area contributed by atoms with Crippen LogP contribution in [0.3, 0.4) is 0 Å². The molecule has 4 aromatic rings. The lowest BCUT2D eigenvalue weighted by molar-refractivity contribution is -0.405. The number of benzene rings is 3. The van der Waals surface area contributed by atoms with Crippen molar-refractivity contribution >= 4 is 22.8 Å². The van der Waals surface area contributed by atoms with Gasteiger partial charge in [0.1, 0.15) is 0 Å². The second-order valence-corrected chi connectivity index (χ2v) is 12.9. The van der Waals surface area contributed by atoms with E-state index in [9.17, 15) is 19.7 Å². The molecule has 2 aliphatic rings. The van der Waals surface area contributed by atoms with E-state index in [1.54, 1.807) is 6.92 Å².